The van der Waals surface area contributed by atoms with Gasteiger partial charge < -0.3 is 25.2 Å². The first-order chi connectivity index (χ1) is 12.2. The van der Waals surface area contributed by atoms with Gasteiger partial charge >= 0.3 is 0 Å². The molecule has 3 N–H and O–H groups in total. The highest BCUT2D eigenvalue weighted by atomic mass is 127. The normalized spacial score (nSPS) is 13.9. The minimum atomic E-state index is 0. The van der Waals surface area contributed by atoms with E-state index in [-0.39, 0.29) is 37.4 Å². The van der Waals surface area contributed by atoms with E-state index in [1.165, 1.54) is 0 Å². The van der Waals surface area contributed by atoms with E-state index in [1.807, 2.05) is 19.1 Å². The fourth-order valence-corrected chi connectivity index (χ4v) is 3.41. The molecule has 0 amide bonds. The molecule has 1 heterocycles. The number of nitrogens with zero attached hydrogens (tertiary/aromatic N) is 1. The van der Waals surface area contributed by atoms with Gasteiger partial charge in [0, 0.05) is 19.7 Å². The summed E-state index contributed by atoms with van der Waals surface area (Å²) in [6, 6.07) is 3.97. The molecule has 26 heavy (non-hydrogen) atoms. The van der Waals surface area contributed by atoms with Crippen LogP contribution in [-0.2, 0) is 6.54 Å². The minimum Gasteiger partial charge on any atom is -0.454 e. The van der Waals surface area contributed by atoms with Crippen LogP contribution in [-0.4, -0.2) is 37.6 Å². The summed E-state index contributed by atoms with van der Waals surface area (Å²) in [5.74, 6) is 2.75. The van der Waals surface area contributed by atoms with Crippen LogP contribution in [0.4, 0.5) is 0 Å². The Morgan fingerprint density at radius 3 is 2.77 bits per heavy atom. The van der Waals surface area contributed by atoms with Gasteiger partial charge in [-0.2, -0.15) is 0 Å². The maximum Gasteiger partial charge on any atom is 0.231 e. The molecule has 8 heteroatoms. The second kappa shape index (κ2) is 12.6. The Morgan fingerprint density at radius 1 is 1.27 bits per heavy atom. The maximum absolute atomic E-state index is 9.19. The number of aliphatic hydroxyl groups is 1. The molecule has 0 aliphatic carbocycles. The molecular formula is C18H29BrIN3O3. The molecule has 0 radical (unpaired) electrons. The Balaban J connectivity index is 0.00000338. The zero-order valence-electron chi connectivity index (χ0n) is 15.4. The summed E-state index contributed by atoms with van der Waals surface area (Å²) in [6.07, 6.45) is 3.03. The molecule has 6 nitrogen and oxygen atoms in total. The number of rotatable bonds is 9. The molecule has 0 aromatic heterocycles. The van der Waals surface area contributed by atoms with Crippen LogP contribution in [0.1, 0.15) is 38.7 Å². The van der Waals surface area contributed by atoms with Gasteiger partial charge in [0.15, 0.2) is 17.5 Å². The summed E-state index contributed by atoms with van der Waals surface area (Å²) in [5.41, 5.74) is 1.05. The second-order valence-corrected chi connectivity index (χ2v) is 6.91. The van der Waals surface area contributed by atoms with Crippen LogP contribution in [0.3, 0.4) is 0 Å². The summed E-state index contributed by atoms with van der Waals surface area (Å²) in [5, 5.41) is 15.8. The molecule has 0 spiro atoms. The molecule has 0 saturated heterocycles. The minimum absolute atomic E-state index is 0. The van der Waals surface area contributed by atoms with E-state index < -0.39 is 0 Å². The maximum atomic E-state index is 9.19. The van der Waals surface area contributed by atoms with Gasteiger partial charge in [0.05, 0.1) is 11.0 Å². The predicted octanol–water partition coefficient (Wildman–Crippen LogP) is 3.65. The first-order valence-electron chi connectivity index (χ1n) is 8.88. The third-order valence-electron chi connectivity index (χ3n) is 4.04. The van der Waals surface area contributed by atoms with Crippen LogP contribution < -0.4 is 20.1 Å². The van der Waals surface area contributed by atoms with Crippen molar-refractivity contribution in [2.75, 3.05) is 26.5 Å². The summed E-state index contributed by atoms with van der Waals surface area (Å²) in [6.45, 7) is 6.86. The number of nitrogens with one attached hydrogen (secondary N) is 2. The van der Waals surface area contributed by atoms with Gasteiger partial charge in [-0.3, -0.25) is 0 Å². The lowest BCUT2D eigenvalue weighted by Gasteiger charge is -2.18. The van der Waals surface area contributed by atoms with Gasteiger partial charge in [0.1, 0.15) is 0 Å². The van der Waals surface area contributed by atoms with Crippen molar-refractivity contribution < 1.29 is 14.6 Å². The fraction of sp³-hybridized carbons (Fsp3) is 0.611. The highest BCUT2D eigenvalue weighted by Crippen LogP contribution is 2.40. The number of hydrogen-bond donors (Lipinski definition) is 3. The topological polar surface area (TPSA) is 75.1 Å². The average molecular weight is 542 g/mol. The lowest BCUT2D eigenvalue weighted by Crippen LogP contribution is -2.40. The van der Waals surface area contributed by atoms with Gasteiger partial charge in [-0.25, -0.2) is 4.99 Å². The van der Waals surface area contributed by atoms with E-state index in [4.69, 9.17) is 9.47 Å². The zero-order valence-corrected chi connectivity index (χ0v) is 19.3. The monoisotopic (exact) mass is 541 g/mol. The van der Waals surface area contributed by atoms with Crippen molar-refractivity contribution in [3.05, 3.63) is 22.2 Å². The number of guanidine groups is 1. The standard InChI is InChI=1S/C18H28BrN3O3.HI/c1-3-5-13(6-7-23)10-21-18(20-4-2)22-11-14-8-15(19)17-16(9-14)24-12-25-17;/h8-9,13,23H,3-7,10-12H2,1-2H3,(H2,20,21,22);1H. The van der Waals surface area contributed by atoms with Crippen LogP contribution >= 0.6 is 39.9 Å². The Bertz CT molecular complexity index is 581. The predicted molar refractivity (Wildman–Crippen MR) is 119 cm³/mol. The van der Waals surface area contributed by atoms with Crippen LogP contribution in [0, 0.1) is 5.92 Å². The van der Waals surface area contributed by atoms with Crippen LogP contribution in [0.15, 0.2) is 21.6 Å². The first-order valence-corrected chi connectivity index (χ1v) is 9.68. The van der Waals surface area contributed by atoms with Gasteiger partial charge in [0.2, 0.25) is 6.79 Å². The Kier molecular flexibility index (Phi) is 11.3. The molecule has 0 fully saturated rings. The number of aliphatic hydroxyl groups excluding tert-OH is 1. The number of ether oxygens (including phenoxy) is 2. The van der Waals surface area contributed by atoms with Crippen molar-refractivity contribution in [3.63, 3.8) is 0 Å². The molecular weight excluding hydrogens is 513 g/mol. The van der Waals surface area contributed by atoms with Gasteiger partial charge in [0.25, 0.3) is 0 Å². The molecule has 1 aliphatic rings. The van der Waals surface area contributed by atoms with Gasteiger partial charge in [-0.1, -0.05) is 13.3 Å². The lowest BCUT2D eigenvalue weighted by molar-refractivity contribution is 0.173. The van der Waals surface area contributed by atoms with Crippen LogP contribution in [0.2, 0.25) is 0 Å². The molecule has 148 valence electrons. The van der Waals surface area contributed by atoms with Crippen molar-refractivity contribution in [3.8, 4) is 11.5 Å². The molecule has 0 saturated carbocycles. The Labute approximate surface area is 181 Å². The van der Waals surface area contributed by atoms with E-state index in [2.05, 4.69) is 38.5 Å². The van der Waals surface area contributed by atoms with Crippen LogP contribution in [0.25, 0.3) is 0 Å². The highest BCUT2D eigenvalue weighted by molar-refractivity contribution is 14.0. The van der Waals surface area contributed by atoms with Crippen molar-refractivity contribution in [1.82, 2.24) is 10.6 Å². The SMILES string of the molecule is CCCC(CCO)CNC(=NCc1cc(Br)c2c(c1)OCO2)NCC.I. The third-order valence-corrected chi connectivity index (χ3v) is 4.63. The number of aliphatic imine (C=N–C) groups is 1. The number of halogens is 2. The van der Waals surface area contributed by atoms with Gasteiger partial charge in [-0.05, 0) is 59.3 Å². The average Bonchev–Trinajstić information content (AvgIpc) is 3.07. The Hall–Kier alpha value is -0.740. The summed E-state index contributed by atoms with van der Waals surface area (Å²) in [4.78, 5) is 4.66. The molecule has 1 aromatic carbocycles. The molecule has 1 unspecified atom stereocenters. The summed E-state index contributed by atoms with van der Waals surface area (Å²) < 4.78 is 11.7. The lowest BCUT2D eigenvalue weighted by atomic mass is 10.0. The second-order valence-electron chi connectivity index (χ2n) is 6.05. The highest BCUT2D eigenvalue weighted by Gasteiger charge is 2.17. The van der Waals surface area contributed by atoms with E-state index in [1.54, 1.807) is 0 Å². The van der Waals surface area contributed by atoms with Crippen molar-refractivity contribution >= 4 is 45.9 Å². The quantitative estimate of drug-likeness (QED) is 0.253. The van der Waals surface area contributed by atoms with Crippen LogP contribution in [0.5, 0.6) is 11.5 Å². The van der Waals surface area contributed by atoms with E-state index in [0.29, 0.717) is 12.5 Å². The first kappa shape index (κ1) is 23.3. The van der Waals surface area contributed by atoms with E-state index in [0.717, 1.165) is 59.8 Å². The fourth-order valence-electron chi connectivity index (χ4n) is 2.80. The molecule has 1 aliphatic heterocycles. The number of hydrogen-bond acceptors (Lipinski definition) is 4. The third kappa shape index (κ3) is 7.11. The number of fused-ring (bicyclic) bond motifs is 1. The van der Waals surface area contributed by atoms with Gasteiger partial charge in [-0.15, -0.1) is 24.0 Å². The molecule has 0 bridgehead atoms. The van der Waals surface area contributed by atoms with E-state index in [9.17, 15) is 5.11 Å². The summed E-state index contributed by atoms with van der Waals surface area (Å²) >= 11 is 3.51. The molecule has 2 rings (SSSR count). The summed E-state index contributed by atoms with van der Waals surface area (Å²) in [7, 11) is 0. The molecule has 1 atom stereocenters. The molecule has 1 aromatic rings. The van der Waals surface area contributed by atoms with Crippen molar-refractivity contribution in [2.45, 2.75) is 39.7 Å². The zero-order chi connectivity index (χ0) is 18.1. The van der Waals surface area contributed by atoms with Crippen molar-refractivity contribution in [2.24, 2.45) is 10.9 Å². The Morgan fingerprint density at radius 2 is 2.08 bits per heavy atom. The largest absolute Gasteiger partial charge is 0.454 e. The van der Waals surface area contributed by atoms with E-state index >= 15 is 0 Å². The smallest absolute Gasteiger partial charge is 0.231 e. The van der Waals surface area contributed by atoms with Crippen molar-refractivity contribution in [1.29, 1.82) is 0 Å². The number of benzene rings is 1.